The van der Waals surface area contributed by atoms with Crippen molar-refractivity contribution in [1.29, 1.82) is 0 Å². The average Bonchev–Trinajstić information content (AvgIpc) is 2.37. The van der Waals surface area contributed by atoms with Gasteiger partial charge in [-0.15, -0.1) is 0 Å². The van der Waals surface area contributed by atoms with Crippen molar-refractivity contribution in [1.82, 2.24) is 0 Å². The lowest BCUT2D eigenvalue weighted by Gasteiger charge is -2.24. The minimum absolute atomic E-state index is 0.330. The molecule has 4 heteroatoms. The van der Waals surface area contributed by atoms with Crippen LogP contribution in [0.3, 0.4) is 0 Å². The zero-order valence-corrected chi connectivity index (χ0v) is 14.0. The van der Waals surface area contributed by atoms with E-state index in [1.54, 1.807) is 0 Å². The molecule has 0 fully saturated rings. The van der Waals surface area contributed by atoms with Gasteiger partial charge in [0.25, 0.3) is 0 Å². The molecular formula is C17H28N2O2. The zero-order chi connectivity index (χ0) is 16.0. The fraction of sp³-hybridized carbons (Fsp3) is 0.588. The van der Waals surface area contributed by atoms with E-state index in [4.69, 9.17) is 4.74 Å². The summed E-state index contributed by atoms with van der Waals surface area (Å²) in [5.41, 5.74) is 1.15. The number of benzene rings is 1. The van der Waals surface area contributed by atoms with Crippen LogP contribution in [0.25, 0.3) is 0 Å². The minimum atomic E-state index is -0.504. The van der Waals surface area contributed by atoms with Crippen molar-refractivity contribution >= 4 is 17.5 Å². The van der Waals surface area contributed by atoms with Gasteiger partial charge in [-0.3, -0.25) is 5.32 Å². The average molecular weight is 292 g/mol. The molecule has 0 saturated carbocycles. The second kappa shape index (κ2) is 7.34. The van der Waals surface area contributed by atoms with Crippen molar-refractivity contribution in [3.8, 4) is 0 Å². The topological polar surface area (TPSA) is 50.4 Å². The molecule has 0 heterocycles. The van der Waals surface area contributed by atoms with E-state index in [0.717, 1.165) is 17.8 Å². The predicted octanol–water partition coefficient (Wildman–Crippen LogP) is 4.88. The second-order valence-corrected chi connectivity index (χ2v) is 6.49. The predicted molar refractivity (Wildman–Crippen MR) is 88.8 cm³/mol. The number of nitrogens with one attached hydrogen (secondary N) is 2. The first-order valence-electron chi connectivity index (χ1n) is 7.58. The van der Waals surface area contributed by atoms with Gasteiger partial charge in [0.1, 0.15) is 5.60 Å². The molecule has 1 aromatic carbocycles. The van der Waals surface area contributed by atoms with Gasteiger partial charge in [0, 0.05) is 6.04 Å². The molecule has 2 unspecified atom stereocenters. The monoisotopic (exact) mass is 292 g/mol. The summed E-state index contributed by atoms with van der Waals surface area (Å²) in [6.45, 7) is 12.1. The molecule has 118 valence electrons. The van der Waals surface area contributed by atoms with Gasteiger partial charge >= 0.3 is 6.09 Å². The van der Waals surface area contributed by atoms with Gasteiger partial charge in [-0.05, 0) is 45.7 Å². The summed E-state index contributed by atoms with van der Waals surface area (Å²) >= 11 is 0. The first kappa shape index (κ1) is 17.3. The van der Waals surface area contributed by atoms with E-state index in [0.29, 0.717) is 12.0 Å². The molecule has 1 amide bonds. The van der Waals surface area contributed by atoms with Crippen molar-refractivity contribution in [3.63, 3.8) is 0 Å². The third-order valence-corrected chi connectivity index (χ3v) is 3.44. The van der Waals surface area contributed by atoms with Gasteiger partial charge in [-0.25, -0.2) is 4.79 Å². The highest BCUT2D eigenvalue weighted by atomic mass is 16.6. The number of ether oxygens (including phenoxy) is 1. The summed E-state index contributed by atoms with van der Waals surface area (Å²) in [7, 11) is 0. The van der Waals surface area contributed by atoms with Crippen molar-refractivity contribution in [2.45, 2.75) is 59.6 Å². The Kier molecular flexibility index (Phi) is 6.06. The summed E-state index contributed by atoms with van der Waals surface area (Å²) in [5.74, 6) is 0.555. The maximum absolute atomic E-state index is 11.9. The summed E-state index contributed by atoms with van der Waals surface area (Å²) in [4.78, 5) is 11.9. The van der Waals surface area contributed by atoms with Crippen LogP contribution in [0.4, 0.5) is 16.2 Å². The van der Waals surface area contributed by atoms with Crippen LogP contribution in [-0.2, 0) is 4.74 Å². The summed E-state index contributed by atoms with van der Waals surface area (Å²) in [6.07, 6.45) is 0.670. The Morgan fingerprint density at radius 2 is 1.76 bits per heavy atom. The highest BCUT2D eigenvalue weighted by molar-refractivity contribution is 5.89. The molecule has 1 rings (SSSR count). The maximum atomic E-state index is 11.9. The van der Waals surface area contributed by atoms with Crippen LogP contribution in [0.15, 0.2) is 24.3 Å². The van der Waals surface area contributed by atoms with Gasteiger partial charge in [-0.2, -0.15) is 0 Å². The van der Waals surface area contributed by atoms with Crippen LogP contribution >= 0.6 is 0 Å². The number of amides is 1. The van der Waals surface area contributed by atoms with E-state index in [-0.39, 0.29) is 0 Å². The highest BCUT2D eigenvalue weighted by Crippen LogP contribution is 2.24. The quantitative estimate of drug-likeness (QED) is 0.813. The molecule has 1 aromatic rings. The number of hydrogen-bond donors (Lipinski definition) is 2. The summed E-state index contributed by atoms with van der Waals surface area (Å²) in [5, 5.41) is 6.26. The Morgan fingerprint density at radius 1 is 1.19 bits per heavy atom. The third-order valence-electron chi connectivity index (χ3n) is 3.44. The van der Waals surface area contributed by atoms with E-state index in [2.05, 4.69) is 31.4 Å². The number of rotatable bonds is 5. The Bertz CT molecular complexity index is 466. The lowest BCUT2D eigenvalue weighted by molar-refractivity contribution is 0.0636. The Morgan fingerprint density at radius 3 is 2.29 bits per heavy atom. The van der Waals surface area contributed by atoms with Crippen molar-refractivity contribution in [3.05, 3.63) is 24.3 Å². The molecule has 0 radical (unpaired) electrons. The van der Waals surface area contributed by atoms with E-state index >= 15 is 0 Å². The maximum Gasteiger partial charge on any atom is 0.412 e. The molecule has 0 aromatic heterocycles. The van der Waals surface area contributed by atoms with E-state index in [1.807, 2.05) is 45.0 Å². The SMILES string of the molecule is CCC(C)C(C)Nc1ccccc1NC(=O)OC(C)(C)C. The summed E-state index contributed by atoms with van der Waals surface area (Å²) < 4.78 is 5.29. The highest BCUT2D eigenvalue weighted by Gasteiger charge is 2.18. The van der Waals surface area contributed by atoms with Crippen LogP contribution in [-0.4, -0.2) is 17.7 Å². The third kappa shape index (κ3) is 6.06. The fourth-order valence-electron chi connectivity index (χ4n) is 1.87. The standard InChI is InChI=1S/C17H28N2O2/c1-7-12(2)13(3)18-14-10-8-9-11-15(14)19-16(20)21-17(4,5)6/h8-13,18H,7H2,1-6H3,(H,19,20). The Labute approximate surface area is 128 Å². The van der Waals surface area contributed by atoms with Gasteiger partial charge in [-0.1, -0.05) is 32.4 Å². The molecule has 0 saturated heterocycles. The molecule has 0 aliphatic carbocycles. The number of carbonyl (C=O) groups excluding carboxylic acids is 1. The molecule has 0 aliphatic rings. The molecule has 2 N–H and O–H groups in total. The molecule has 21 heavy (non-hydrogen) atoms. The molecule has 0 aliphatic heterocycles. The number of carbonyl (C=O) groups is 1. The number of hydrogen-bond acceptors (Lipinski definition) is 3. The Balaban J connectivity index is 2.78. The van der Waals surface area contributed by atoms with Crippen LogP contribution in [0, 0.1) is 5.92 Å². The van der Waals surface area contributed by atoms with Crippen molar-refractivity contribution in [2.75, 3.05) is 10.6 Å². The fourth-order valence-corrected chi connectivity index (χ4v) is 1.87. The normalized spacial score (nSPS) is 14.2. The minimum Gasteiger partial charge on any atom is -0.444 e. The second-order valence-electron chi connectivity index (χ2n) is 6.49. The van der Waals surface area contributed by atoms with E-state index < -0.39 is 11.7 Å². The van der Waals surface area contributed by atoms with Gasteiger partial charge in [0.15, 0.2) is 0 Å². The smallest absolute Gasteiger partial charge is 0.412 e. The molecular weight excluding hydrogens is 264 g/mol. The lowest BCUT2D eigenvalue weighted by Crippen LogP contribution is -2.28. The van der Waals surface area contributed by atoms with Crippen LogP contribution in [0.2, 0.25) is 0 Å². The van der Waals surface area contributed by atoms with Crippen LogP contribution < -0.4 is 10.6 Å². The number of para-hydroxylation sites is 2. The Hall–Kier alpha value is -1.71. The van der Waals surface area contributed by atoms with Crippen LogP contribution in [0.5, 0.6) is 0 Å². The first-order valence-corrected chi connectivity index (χ1v) is 7.58. The van der Waals surface area contributed by atoms with Crippen molar-refractivity contribution < 1.29 is 9.53 Å². The molecule has 0 bridgehead atoms. The molecule has 0 spiro atoms. The molecule has 2 atom stereocenters. The largest absolute Gasteiger partial charge is 0.444 e. The zero-order valence-electron chi connectivity index (χ0n) is 14.0. The van der Waals surface area contributed by atoms with Gasteiger partial charge < -0.3 is 10.1 Å². The van der Waals surface area contributed by atoms with Gasteiger partial charge in [0.05, 0.1) is 11.4 Å². The number of anilines is 2. The molecule has 4 nitrogen and oxygen atoms in total. The first-order chi connectivity index (χ1) is 9.73. The van der Waals surface area contributed by atoms with Gasteiger partial charge in [0.2, 0.25) is 0 Å². The van der Waals surface area contributed by atoms with E-state index in [9.17, 15) is 4.79 Å². The summed E-state index contributed by atoms with van der Waals surface area (Å²) in [6, 6.07) is 8.01. The lowest BCUT2D eigenvalue weighted by atomic mass is 10.0. The van der Waals surface area contributed by atoms with Crippen LogP contribution in [0.1, 0.15) is 48.0 Å². The van der Waals surface area contributed by atoms with Crippen molar-refractivity contribution in [2.24, 2.45) is 5.92 Å². The van der Waals surface area contributed by atoms with E-state index in [1.165, 1.54) is 0 Å².